The number of allylic oxidation sites excluding steroid dienone is 5. The normalized spacial score (nSPS) is 12.4. The Hall–Kier alpha value is -1.08. The molecule has 0 saturated carbocycles. The molecule has 0 fully saturated rings. The van der Waals surface area contributed by atoms with Crippen LogP contribution in [0.15, 0.2) is 47.6 Å². The zero-order chi connectivity index (χ0) is 14.5. The molecule has 0 rings (SSSR count). The Bertz CT molecular complexity index is 328. The molecule has 0 radical (unpaired) electrons. The average Bonchev–Trinajstić information content (AvgIpc) is 2.34. The zero-order valence-electron chi connectivity index (χ0n) is 13.3. The van der Waals surface area contributed by atoms with Crippen LogP contribution in [0.2, 0.25) is 0 Å². The van der Waals surface area contributed by atoms with Crippen molar-refractivity contribution in [1.82, 2.24) is 5.32 Å². The van der Waals surface area contributed by atoms with Gasteiger partial charge in [-0.05, 0) is 53.4 Å². The Morgan fingerprint density at radius 3 is 2.00 bits per heavy atom. The molecule has 0 aliphatic rings. The summed E-state index contributed by atoms with van der Waals surface area (Å²) < 4.78 is 0. The minimum atomic E-state index is 0.882. The Morgan fingerprint density at radius 1 is 0.842 bits per heavy atom. The summed E-state index contributed by atoms with van der Waals surface area (Å²) in [5.74, 6) is 0. The van der Waals surface area contributed by atoms with E-state index in [-0.39, 0.29) is 0 Å². The molecule has 108 valence electrons. The van der Waals surface area contributed by atoms with E-state index < -0.39 is 0 Å². The number of rotatable bonds is 10. The van der Waals surface area contributed by atoms with Crippen molar-refractivity contribution >= 4 is 0 Å². The Labute approximate surface area is 120 Å². The van der Waals surface area contributed by atoms with Gasteiger partial charge < -0.3 is 5.32 Å². The molecule has 19 heavy (non-hydrogen) atoms. The second-order valence-corrected chi connectivity index (χ2v) is 5.41. The molecule has 0 unspecified atom stereocenters. The van der Waals surface area contributed by atoms with Crippen molar-refractivity contribution in [2.45, 2.75) is 53.4 Å². The van der Waals surface area contributed by atoms with Crippen LogP contribution in [0.1, 0.15) is 53.4 Å². The van der Waals surface area contributed by atoms with Crippen LogP contribution in [0.25, 0.3) is 0 Å². The fourth-order valence-corrected chi connectivity index (χ4v) is 1.77. The van der Waals surface area contributed by atoms with Crippen molar-refractivity contribution in [3.05, 3.63) is 47.6 Å². The quantitative estimate of drug-likeness (QED) is 0.422. The maximum atomic E-state index is 3.69. The first-order valence-electron chi connectivity index (χ1n) is 7.32. The van der Waals surface area contributed by atoms with Gasteiger partial charge in [0.1, 0.15) is 0 Å². The summed E-state index contributed by atoms with van der Waals surface area (Å²) in [5.41, 5.74) is 4.39. The van der Waals surface area contributed by atoms with Crippen molar-refractivity contribution in [1.29, 1.82) is 0 Å². The molecule has 0 spiro atoms. The van der Waals surface area contributed by atoms with E-state index in [1.807, 2.05) is 6.08 Å². The molecule has 1 heteroatoms. The molecule has 0 aliphatic heterocycles. The predicted octanol–water partition coefficient (Wildman–Crippen LogP) is 5.18. The van der Waals surface area contributed by atoms with Crippen LogP contribution >= 0.6 is 0 Å². The lowest BCUT2D eigenvalue weighted by Gasteiger charge is -2.02. The van der Waals surface area contributed by atoms with Gasteiger partial charge >= 0.3 is 0 Å². The molecule has 0 aromatic carbocycles. The SMILES string of the molecule is C=CCNC/C=C(\C)CCC=C(C)CCC=C(C)C. The van der Waals surface area contributed by atoms with Gasteiger partial charge in [0.25, 0.3) is 0 Å². The first-order chi connectivity index (χ1) is 9.06. The lowest BCUT2D eigenvalue weighted by atomic mass is 10.1. The monoisotopic (exact) mass is 261 g/mol. The third-order valence-corrected chi connectivity index (χ3v) is 3.01. The number of hydrogen-bond donors (Lipinski definition) is 1. The van der Waals surface area contributed by atoms with Gasteiger partial charge in [-0.1, -0.05) is 41.0 Å². The van der Waals surface area contributed by atoms with Crippen molar-refractivity contribution in [3.63, 3.8) is 0 Å². The van der Waals surface area contributed by atoms with Crippen LogP contribution < -0.4 is 5.32 Å². The fraction of sp³-hybridized carbons (Fsp3) is 0.556. The standard InChI is InChI=1S/C18H31N/c1-6-14-19-15-13-18(5)12-8-11-17(4)10-7-9-16(2)3/h6,9,11,13,19H,1,7-8,10,12,14-15H2,2-5H3/b17-11?,18-13+. The number of hydrogen-bond acceptors (Lipinski definition) is 1. The molecular weight excluding hydrogens is 230 g/mol. The largest absolute Gasteiger partial charge is 0.310 e. The second-order valence-electron chi connectivity index (χ2n) is 5.41. The lowest BCUT2D eigenvalue weighted by Crippen LogP contribution is -2.12. The molecule has 0 aromatic rings. The summed E-state index contributed by atoms with van der Waals surface area (Å²) in [4.78, 5) is 0. The van der Waals surface area contributed by atoms with E-state index in [1.165, 1.54) is 29.6 Å². The van der Waals surface area contributed by atoms with E-state index in [0.29, 0.717) is 0 Å². The average molecular weight is 261 g/mol. The Kier molecular flexibility index (Phi) is 11.3. The minimum absolute atomic E-state index is 0.882. The summed E-state index contributed by atoms with van der Waals surface area (Å²) in [6.45, 7) is 14.3. The van der Waals surface area contributed by atoms with Crippen molar-refractivity contribution in [3.8, 4) is 0 Å². The second kappa shape index (κ2) is 12.0. The smallest absolute Gasteiger partial charge is 0.0140 e. The van der Waals surface area contributed by atoms with Crippen LogP contribution in [-0.2, 0) is 0 Å². The third-order valence-electron chi connectivity index (χ3n) is 3.01. The molecule has 0 aromatic heterocycles. The summed E-state index contributed by atoms with van der Waals surface area (Å²) in [7, 11) is 0. The van der Waals surface area contributed by atoms with Crippen LogP contribution in [0, 0.1) is 0 Å². The Morgan fingerprint density at radius 2 is 1.42 bits per heavy atom. The van der Waals surface area contributed by atoms with E-state index in [9.17, 15) is 0 Å². The minimum Gasteiger partial charge on any atom is -0.310 e. The van der Waals surface area contributed by atoms with Crippen LogP contribution in [-0.4, -0.2) is 13.1 Å². The van der Waals surface area contributed by atoms with Crippen LogP contribution in [0.3, 0.4) is 0 Å². The highest BCUT2D eigenvalue weighted by Gasteiger charge is 1.91. The molecule has 0 atom stereocenters. The maximum Gasteiger partial charge on any atom is 0.0140 e. The summed E-state index contributed by atoms with van der Waals surface area (Å²) in [6, 6.07) is 0. The molecule has 1 N–H and O–H groups in total. The van der Waals surface area contributed by atoms with Crippen LogP contribution in [0.5, 0.6) is 0 Å². The molecule has 1 nitrogen and oxygen atoms in total. The zero-order valence-corrected chi connectivity index (χ0v) is 13.3. The summed E-state index contributed by atoms with van der Waals surface area (Å²) in [5, 5.41) is 3.29. The van der Waals surface area contributed by atoms with Crippen molar-refractivity contribution in [2.24, 2.45) is 0 Å². The van der Waals surface area contributed by atoms with E-state index in [1.54, 1.807) is 0 Å². The van der Waals surface area contributed by atoms with Gasteiger partial charge in [0.15, 0.2) is 0 Å². The van der Waals surface area contributed by atoms with Gasteiger partial charge in [0.05, 0.1) is 0 Å². The van der Waals surface area contributed by atoms with Crippen LogP contribution in [0.4, 0.5) is 0 Å². The number of nitrogens with one attached hydrogen (secondary N) is 1. The highest BCUT2D eigenvalue weighted by molar-refractivity contribution is 5.05. The van der Waals surface area contributed by atoms with E-state index in [4.69, 9.17) is 0 Å². The highest BCUT2D eigenvalue weighted by atomic mass is 14.8. The highest BCUT2D eigenvalue weighted by Crippen LogP contribution is 2.11. The van der Waals surface area contributed by atoms with E-state index in [2.05, 4.69) is 57.8 Å². The molecule has 0 amide bonds. The van der Waals surface area contributed by atoms with E-state index >= 15 is 0 Å². The summed E-state index contributed by atoms with van der Waals surface area (Å²) >= 11 is 0. The first-order valence-corrected chi connectivity index (χ1v) is 7.32. The molecule has 0 aliphatic carbocycles. The molecule has 0 heterocycles. The predicted molar refractivity (Wildman–Crippen MR) is 88.5 cm³/mol. The topological polar surface area (TPSA) is 12.0 Å². The first kappa shape index (κ1) is 17.9. The molecular formula is C18H31N. The lowest BCUT2D eigenvalue weighted by molar-refractivity contribution is 0.830. The van der Waals surface area contributed by atoms with Gasteiger partial charge in [0, 0.05) is 13.1 Å². The molecule has 0 bridgehead atoms. The van der Waals surface area contributed by atoms with Gasteiger partial charge in [-0.15, -0.1) is 6.58 Å². The van der Waals surface area contributed by atoms with Gasteiger partial charge in [0.2, 0.25) is 0 Å². The van der Waals surface area contributed by atoms with Crippen molar-refractivity contribution in [2.75, 3.05) is 13.1 Å². The summed E-state index contributed by atoms with van der Waals surface area (Å²) in [6.07, 6.45) is 13.5. The van der Waals surface area contributed by atoms with Crippen molar-refractivity contribution < 1.29 is 0 Å². The third kappa shape index (κ3) is 13.2. The fourth-order valence-electron chi connectivity index (χ4n) is 1.77. The van der Waals surface area contributed by atoms with Gasteiger partial charge in [-0.2, -0.15) is 0 Å². The molecule has 0 saturated heterocycles. The maximum absolute atomic E-state index is 3.69. The van der Waals surface area contributed by atoms with Gasteiger partial charge in [-0.3, -0.25) is 0 Å². The van der Waals surface area contributed by atoms with Gasteiger partial charge in [-0.25, -0.2) is 0 Å². The van der Waals surface area contributed by atoms with E-state index in [0.717, 1.165) is 25.9 Å². The Balaban J connectivity index is 3.80.